The lowest BCUT2D eigenvalue weighted by Gasteiger charge is -2.27. The summed E-state index contributed by atoms with van der Waals surface area (Å²) in [5.74, 6) is -1.06. The van der Waals surface area contributed by atoms with E-state index in [1.165, 1.54) is 11.3 Å². The molecule has 198 valence electrons. The Labute approximate surface area is 218 Å². The first-order valence-corrected chi connectivity index (χ1v) is 14.4. The highest BCUT2D eigenvalue weighted by Crippen LogP contribution is 2.35. The maximum Gasteiger partial charge on any atom is 0.348 e. The van der Waals surface area contributed by atoms with E-state index in [-0.39, 0.29) is 36.7 Å². The first-order chi connectivity index (χ1) is 17.0. The van der Waals surface area contributed by atoms with Gasteiger partial charge in [-0.25, -0.2) is 4.79 Å². The Morgan fingerprint density at radius 3 is 2.06 bits per heavy atom. The van der Waals surface area contributed by atoms with E-state index >= 15 is 0 Å². The first kappa shape index (κ1) is 29.9. The molecule has 0 saturated heterocycles. The lowest BCUT2D eigenvalue weighted by molar-refractivity contribution is -0.149. The van der Waals surface area contributed by atoms with Gasteiger partial charge in [0.1, 0.15) is 23.6 Å². The highest BCUT2D eigenvalue weighted by Gasteiger charge is 2.25. The van der Waals surface area contributed by atoms with Gasteiger partial charge in [-0.3, -0.25) is 19.8 Å². The van der Waals surface area contributed by atoms with Gasteiger partial charge >= 0.3 is 17.9 Å². The maximum atomic E-state index is 12.4. The van der Waals surface area contributed by atoms with Gasteiger partial charge in [-0.1, -0.05) is 18.2 Å². The van der Waals surface area contributed by atoms with Crippen molar-refractivity contribution in [2.75, 3.05) is 6.61 Å². The summed E-state index contributed by atoms with van der Waals surface area (Å²) in [5.41, 5.74) is 0.995. The van der Waals surface area contributed by atoms with Crippen LogP contribution < -0.4 is 10.2 Å². The largest absolute Gasteiger partial charge is 0.462 e. The number of fused-ring (bicyclic) bond motifs is 1. The Morgan fingerprint density at radius 2 is 1.53 bits per heavy atom. The molecule has 1 heterocycles. The molecular weight excluding hydrogens is 499 g/mol. The van der Waals surface area contributed by atoms with Crippen molar-refractivity contribution >= 4 is 47.6 Å². The van der Waals surface area contributed by atoms with E-state index in [2.05, 4.69) is 10.2 Å². The van der Waals surface area contributed by atoms with E-state index in [4.69, 9.17) is 14.2 Å². The van der Waals surface area contributed by atoms with Crippen LogP contribution in [0.1, 0.15) is 63.7 Å². The van der Waals surface area contributed by atoms with Gasteiger partial charge in [-0.15, -0.1) is 11.3 Å². The summed E-state index contributed by atoms with van der Waals surface area (Å²) in [4.78, 5) is 37.7. The number of rotatable bonds is 13. The molecule has 0 radical (unpaired) electrons. The molecule has 1 aromatic heterocycles. The topological polar surface area (TPSA) is 103 Å². The van der Waals surface area contributed by atoms with E-state index in [1.807, 2.05) is 37.3 Å². The normalized spacial score (nSPS) is 14.2. The van der Waals surface area contributed by atoms with Crippen molar-refractivity contribution in [3.05, 3.63) is 46.9 Å². The van der Waals surface area contributed by atoms with Crippen molar-refractivity contribution in [3.8, 4) is 0 Å². The van der Waals surface area contributed by atoms with Crippen LogP contribution in [0, 0.1) is 0 Å². The molecule has 10 heteroatoms. The van der Waals surface area contributed by atoms with E-state index in [1.54, 1.807) is 47.6 Å². The smallest absolute Gasteiger partial charge is 0.348 e. The molecule has 0 amide bonds. The van der Waals surface area contributed by atoms with Crippen LogP contribution in [0.2, 0.25) is 0 Å². The summed E-state index contributed by atoms with van der Waals surface area (Å²) < 4.78 is 16.9. The lowest BCUT2D eigenvalue weighted by atomic mass is 10.2. The second-order valence-electron chi connectivity index (χ2n) is 8.91. The second-order valence-corrected chi connectivity index (χ2v) is 11.7. The molecular formula is C26H37N2O6PS. The molecule has 36 heavy (non-hydrogen) atoms. The SMILES string of the molecule is CC=CCOC(=O)c1cc2cc(CP(NC(C)C(=O)OC(C)C)NC(C)C(=O)OC(C)C)ccc2s1. The van der Waals surface area contributed by atoms with Crippen LogP contribution in [0.4, 0.5) is 0 Å². The molecule has 0 spiro atoms. The van der Waals surface area contributed by atoms with Gasteiger partial charge in [-0.05, 0) is 77.6 Å². The maximum absolute atomic E-state index is 12.4. The van der Waals surface area contributed by atoms with Gasteiger partial charge in [0.25, 0.3) is 0 Å². The average molecular weight is 537 g/mol. The number of allylic oxidation sites excluding steroid dienone is 1. The van der Waals surface area contributed by atoms with Crippen LogP contribution in [-0.4, -0.2) is 48.8 Å². The molecule has 2 N–H and O–H groups in total. The van der Waals surface area contributed by atoms with E-state index < -0.39 is 20.3 Å². The fraction of sp³-hybridized carbons (Fsp3) is 0.500. The molecule has 0 aliphatic heterocycles. The zero-order chi connectivity index (χ0) is 26.8. The fourth-order valence-corrected chi connectivity index (χ4v) is 6.04. The minimum Gasteiger partial charge on any atom is -0.462 e. The fourth-order valence-electron chi connectivity index (χ4n) is 3.14. The van der Waals surface area contributed by atoms with Crippen LogP contribution in [0.15, 0.2) is 36.4 Å². The van der Waals surface area contributed by atoms with Gasteiger partial charge in [0, 0.05) is 19.1 Å². The summed E-state index contributed by atoms with van der Waals surface area (Å²) in [5, 5.41) is 7.54. The summed E-state index contributed by atoms with van der Waals surface area (Å²) >= 11 is 1.38. The van der Waals surface area contributed by atoms with E-state index in [0.717, 1.165) is 15.6 Å². The minimum absolute atomic E-state index is 0.222. The number of thiophene rings is 1. The molecule has 1 aromatic carbocycles. The zero-order valence-corrected chi connectivity index (χ0v) is 23.7. The molecule has 8 nitrogen and oxygen atoms in total. The standard InChI is InChI=1S/C26H37N2O6PS/c1-8-9-12-32-26(31)23-14-21-13-20(10-11-22(21)36-23)15-35(27-18(6)24(29)33-16(2)3)28-19(7)25(30)34-17(4)5/h8-11,13-14,16-19,27-28H,12,15H2,1-7H3. The molecule has 0 saturated carbocycles. The number of esters is 3. The van der Waals surface area contributed by atoms with Crippen molar-refractivity contribution in [2.24, 2.45) is 0 Å². The number of nitrogens with one attached hydrogen (secondary N) is 2. The molecule has 2 aromatic rings. The number of carbonyl (C=O) groups is 3. The molecule has 0 aliphatic rings. The monoisotopic (exact) mass is 536 g/mol. The van der Waals surface area contributed by atoms with Crippen molar-refractivity contribution < 1.29 is 28.6 Å². The predicted octanol–water partition coefficient (Wildman–Crippen LogP) is 5.31. The predicted molar refractivity (Wildman–Crippen MR) is 145 cm³/mol. The lowest BCUT2D eigenvalue weighted by Crippen LogP contribution is -2.41. The Bertz CT molecular complexity index is 1040. The van der Waals surface area contributed by atoms with Gasteiger partial charge in [0.05, 0.1) is 12.2 Å². The highest BCUT2D eigenvalue weighted by atomic mass is 32.1. The number of carbonyl (C=O) groups excluding carboxylic acids is 3. The molecule has 2 rings (SSSR count). The number of hydrogen-bond donors (Lipinski definition) is 2. The third-order valence-electron chi connectivity index (χ3n) is 4.78. The van der Waals surface area contributed by atoms with Crippen molar-refractivity contribution in [1.82, 2.24) is 10.2 Å². The third-order valence-corrected chi connectivity index (χ3v) is 7.95. The number of benzene rings is 1. The Kier molecular flexibility index (Phi) is 12.0. The van der Waals surface area contributed by atoms with Crippen LogP contribution in [0.25, 0.3) is 10.1 Å². The minimum atomic E-state index is -1.20. The second kappa shape index (κ2) is 14.4. The molecule has 2 unspecified atom stereocenters. The van der Waals surface area contributed by atoms with Gasteiger partial charge in [0.2, 0.25) is 0 Å². The molecule has 0 aliphatic carbocycles. The highest BCUT2D eigenvalue weighted by molar-refractivity contribution is 7.52. The van der Waals surface area contributed by atoms with Crippen molar-refractivity contribution in [3.63, 3.8) is 0 Å². The van der Waals surface area contributed by atoms with Crippen LogP contribution in [0.5, 0.6) is 0 Å². The van der Waals surface area contributed by atoms with Gasteiger partial charge < -0.3 is 14.2 Å². The quantitative estimate of drug-likeness (QED) is 0.154. The Hall–Kier alpha value is -2.32. The Morgan fingerprint density at radius 1 is 0.944 bits per heavy atom. The number of hydrogen-bond acceptors (Lipinski definition) is 9. The van der Waals surface area contributed by atoms with Crippen LogP contribution >= 0.6 is 19.6 Å². The van der Waals surface area contributed by atoms with Crippen LogP contribution in [-0.2, 0) is 30.0 Å². The molecule has 2 atom stereocenters. The summed E-state index contributed by atoms with van der Waals surface area (Å²) in [6.45, 7) is 12.8. The van der Waals surface area contributed by atoms with Crippen molar-refractivity contribution in [2.45, 2.75) is 78.9 Å². The van der Waals surface area contributed by atoms with E-state index in [9.17, 15) is 14.4 Å². The van der Waals surface area contributed by atoms with Crippen molar-refractivity contribution in [1.29, 1.82) is 0 Å². The average Bonchev–Trinajstić information content (AvgIpc) is 3.21. The summed E-state index contributed by atoms with van der Waals surface area (Å²) in [6.07, 6.45) is 3.71. The number of ether oxygens (including phenoxy) is 3. The van der Waals surface area contributed by atoms with Gasteiger partial charge in [-0.2, -0.15) is 0 Å². The molecule has 0 fully saturated rings. The Balaban J connectivity index is 2.20. The third kappa shape index (κ3) is 9.62. The van der Waals surface area contributed by atoms with Crippen LogP contribution in [0.3, 0.4) is 0 Å². The van der Waals surface area contributed by atoms with Gasteiger partial charge in [0.15, 0.2) is 0 Å². The van der Waals surface area contributed by atoms with E-state index in [0.29, 0.717) is 11.0 Å². The first-order valence-electron chi connectivity index (χ1n) is 12.0. The zero-order valence-electron chi connectivity index (χ0n) is 22.0. The summed E-state index contributed by atoms with van der Waals surface area (Å²) in [7, 11) is -1.20. The summed E-state index contributed by atoms with van der Waals surface area (Å²) in [6, 6.07) is 6.67. The molecule has 0 bridgehead atoms.